The van der Waals surface area contributed by atoms with Crippen molar-refractivity contribution in [1.82, 2.24) is 0 Å². The number of rotatable bonds is 5. The van der Waals surface area contributed by atoms with Crippen molar-refractivity contribution >= 4 is 29.1 Å². The van der Waals surface area contributed by atoms with E-state index in [0.717, 1.165) is 4.90 Å². The van der Waals surface area contributed by atoms with Crippen LogP contribution in [0.4, 0.5) is 5.69 Å². The van der Waals surface area contributed by atoms with E-state index in [0.29, 0.717) is 16.5 Å². The van der Waals surface area contributed by atoms with Crippen LogP contribution in [-0.4, -0.2) is 26.3 Å². The average Bonchev–Trinajstić information content (AvgIpc) is 2.24. The summed E-state index contributed by atoms with van der Waals surface area (Å²) in [5.74, 6) is 0.677. The van der Waals surface area contributed by atoms with Gasteiger partial charge in [-0.15, -0.1) is 11.8 Å². The molecule has 0 unspecified atom stereocenters. The molecule has 0 bridgehead atoms. The summed E-state index contributed by atoms with van der Waals surface area (Å²) < 4.78 is 10.1. The average molecular weight is 248 g/mol. The Kier molecular flexibility index (Phi) is 5.25. The summed E-state index contributed by atoms with van der Waals surface area (Å²) in [5, 5.41) is 0.695. The lowest BCUT2D eigenvalue weighted by molar-refractivity contribution is -0.0842. The molecule has 3 nitrogen and oxygen atoms in total. The van der Waals surface area contributed by atoms with Crippen molar-refractivity contribution in [2.24, 2.45) is 0 Å². The van der Waals surface area contributed by atoms with Crippen LogP contribution in [0.15, 0.2) is 23.1 Å². The Balaban J connectivity index is 2.60. The molecule has 0 spiro atoms. The van der Waals surface area contributed by atoms with E-state index < -0.39 is 0 Å². The summed E-state index contributed by atoms with van der Waals surface area (Å²) in [6, 6.07) is 5.40. The SMILES string of the molecule is COC(CSc1cc(N)ccc1Cl)OC. The first-order valence-corrected chi connectivity index (χ1v) is 5.77. The second kappa shape index (κ2) is 6.23. The second-order valence-electron chi connectivity index (χ2n) is 2.90. The maximum absolute atomic E-state index is 6.01. The van der Waals surface area contributed by atoms with E-state index in [1.54, 1.807) is 38.1 Å². The number of hydrogen-bond donors (Lipinski definition) is 1. The van der Waals surface area contributed by atoms with Gasteiger partial charge in [0, 0.05) is 30.6 Å². The first kappa shape index (κ1) is 12.6. The van der Waals surface area contributed by atoms with Crippen molar-refractivity contribution in [3.63, 3.8) is 0 Å². The number of anilines is 1. The van der Waals surface area contributed by atoms with Crippen LogP contribution in [-0.2, 0) is 9.47 Å². The molecule has 0 atom stereocenters. The fraction of sp³-hybridized carbons (Fsp3) is 0.400. The van der Waals surface area contributed by atoms with Crippen LogP contribution in [0.5, 0.6) is 0 Å². The highest BCUT2D eigenvalue weighted by Gasteiger charge is 2.08. The van der Waals surface area contributed by atoms with Gasteiger partial charge >= 0.3 is 0 Å². The molecule has 0 saturated carbocycles. The van der Waals surface area contributed by atoms with Gasteiger partial charge in [-0.3, -0.25) is 0 Å². The smallest absolute Gasteiger partial charge is 0.166 e. The molecule has 0 fully saturated rings. The number of ether oxygens (including phenoxy) is 2. The highest BCUT2D eigenvalue weighted by atomic mass is 35.5. The molecule has 1 rings (SSSR count). The van der Waals surface area contributed by atoms with Crippen molar-refractivity contribution in [3.05, 3.63) is 23.2 Å². The fourth-order valence-corrected chi connectivity index (χ4v) is 2.32. The summed E-state index contributed by atoms with van der Waals surface area (Å²) in [5.41, 5.74) is 6.37. The Bertz CT molecular complexity index is 318. The van der Waals surface area contributed by atoms with Gasteiger partial charge in [-0.05, 0) is 18.2 Å². The molecule has 15 heavy (non-hydrogen) atoms. The highest BCUT2D eigenvalue weighted by Crippen LogP contribution is 2.29. The Morgan fingerprint density at radius 1 is 1.40 bits per heavy atom. The summed E-state index contributed by atoms with van der Waals surface area (Å²) in [6.45, 7) is 0. The van der Waals surface area contributed by atoms with Gasteiger partial charge in [-0.1, -0.05) is 11.6 Å². The third-order valence-corrected chi connectivity index (χ3v) is 3.39. The minimum absolute atomic E-state index is 0.229. The lowest BCUT2D eigenvalue weighted by atomic mass is 10.3. The molecule has 2 N–H and O–H groups in total. The Hall–Kier alpha value is -0.420. The van der Waals surface area contributed by atoms with Gasteiger partial charge in [-0.2, -0.15) is 0 Å². The molecule has 0 aliphatic rings. The summed E-state index contributed by atoms with van der Waals surface area (Å²) in [6.07, 6.45) is -0.229. The summed E-state index contributed by atoms with van der Waals surface area (Å²) in [7, 11) is 3.21. The molecule has 0 saturated heterocycles. The molecular weight excluding hydrogens is 234 g/mol. The third-order valence-electron chi connectivity index (χ3n) is 1.86. The number of thioether (sulfide) groups is 1. The van der Waals surface area contributed by atoms with Crippen LogP contribution in [0.25, 0.3) is 0 Å². The van der Waals surface area contributed by atoms with Crippen molar-refractivity contribution in [2.45, 2.75) is 11.2 Å². The topological polar surface area (TPSA) is 44.5 Å². The zero-order valence-corrected chi connectivity index (χ0v) is 10.3. The molecule has 0 heterocycles. The van der Waals surface area contributed by atoms with Gasteiger partial charge in [0.25, 0.3) is 0 Å². The summed E-state index contributed by atoms with van der Waals surface area (Å²) >= 11 is 7.56. The summed E-state index contributed by atoms with van der Waals surface area (Å²) in [4.78, 5) is 0.941. The fourth-order valence-electron chi connectivity index (χ4n) is 1.02. The number of nitrogen functional groups attached to an aromatic ring is 1. The van der Waals surface area contributed by atoms with E-state index in [-0.39, 0.29) is 6.29 Å². The third kappa shape index (κ3) is 3.91. The minimum Gasteiger partial charge on any atom is -0.399 e. The van der Waals surface area contributed by atoms with Gasteiger partial charge in [0.2, 0.25) is 0 Å². The van der Waals surface area contributed by atoms with E-state index in [1.165, 1.54) is 0 Å². The Morgan fingerprint density at radius 3 is 2.67 bits per heavy atom. The number of benzene rings is 1. The standard InChI is InChI=1S/C10H14ClNO2S/c1-13-10(14-2)6-15-9-5-7(12)3-4-8(9)11/h3-5,10H,6,12H2,1-2H3. The molecule has 0 aliphatic heterocycles. The minimum atomic E-state index is -0.229. The number of halogens is 1. The van der Waals surface area contributed by atoms with Gasteiger partial charge < -0.3 is 15.2 Å². The van der Waals surface area contributed by atoms with Gasteiger partial charge in [-0.25, -0.2) is 0 Å². The maximum atomic E-state index is 6.01. The molecule has 0 aliphatic carbocycles. The van der Waals surface area contributed by atoms with Crippen LogP contribution >= 0.6 is 23.4 Å². The Morgan fingerprint density at radius 2 is 2.07 bits per heavy atom. The molecule has 1 aromatic carbocycles. The zero-order chi connectivity index (χ0) is 11.3. The number of nitrogens with two attached hydrogens (primary N) is 1. The molecule has 5 heteroatoms. The predicted molar refractivity (Wildman–Crippen MR) is 64.4 cm³/mol. The van der Waals surface area contributed by atoms with Crippen LogP contribution in [0, 0.1) is 0 Å². The molecule has 0 amide bonds. The van der Waals surface area contributed by atoms with E-state index >= 15 is 0 Å². The normalized spacial score (nSPS) is 10.9. The van der Waals surface area contributed by atoms with Crippen molar-refractivity contribution in [1.29, 1.82) is 0 Å². The maximum Gasteiger partial charge on any atom is 0.166 e. The number of hydrogen-bond acceptors (Lipinski definition) is 4. The van der Waals surface area contributed by atoms with Gasteiger partial charge in [0.05, 0.1) is 5.02 Å². The predicted octanol–water partition coefficient (Wildman–Crippen LogP) is 2.63. The van der Waals surface area contributed by atoms with Crippen LogP contribution in [0.3, 0.4) is 0 Å². The lowest BCUT2D eigenvalue weighted by Gasteiger charge is -2.13. The van der Waals surface area contributed by atoms with Crippen molar-refractivity contribution in [2.75, 3.05) is 25.7 Å². The largest absolute Gasteiger partial charge is 0.399 e. The van der Waals surface area contributed by atoms with Crippen LogP contribution in [0.2, 0.25) is 5.02 Å². The van der Waals surface area contributed by atoms with E-state index in [4.69, 9.17) is 26.8 Å². The van der Waals surface area contributed by atoms with Crippen molar-refractivity contribution in [3.8, 4) is 0 Å². The van der Waals surface area contributed by atoms with Gasteiger partial charge in [0.1, 0.15) is 0 Å². The van der Waals surface area contributed by atoms with Gasteiger partial charge in [0.15, 0.2) is 6.29 Å². The van der Waals surface area contributed by atoms with E-state index in [1.807, 2.05) is 6.07 Å². The Labute approximate surface area is 98.9 Å². The van der Waals surface area contributed by atoms with Crippen LogP contribution < -0.4 is 5.73 Å². The number of methoxy groups -OCH3 is 2. The zero-order valence-electron chi connectivity index (χ0n) is 8.70. The molecule has 0 aromatic heterocycles. The second-order valence-corrected chi connectivity index (χ2v) is 4.37. The monoisotopic (exact) mass is 247 g/mol. The molecular formula is C10H14ClNO2S. The quantitative estimate of drug-likeness (QED) is 0.494. The highest BCUT2D eigenvalue weighted by molar-refractivity contribution is 7.99. The van der Waals surface area contributed by atoms with Crippen LogP contribution in [0.1, 0.15) is 0 Å². The first-order valence-electron chi connectivity index (χ1n) is 4.40. The van der Waals surface area contributed by atoms with E-state index in [9.17, 15) is 0 Å². The first-order chi connectivity index (χ1) is 7.17. The molecule has 84 valence electrons. The van der Waals surface area contributed by atoms with E-state index in [2.05, 4.69) is 0 Å². The molecule has 1 aromatic rings. The lowest BCUT2D eigenvalue weighted by Crippen LogP contribution is -2.15. The van der Waals surface area contributed by atoms with Crippen molar-refractivity contribution < 1.29 is 9.47 Å². The molecule has 0 radical (unpaired) electrons.